The van der Waals surface area contributed by atoms with E-state index in [9.17, 15) is 9.18 Å². The highest BCUT2D eigenvalue weighted by atomic mass is 79.9. The first-order valence-corrected chi connectivity index (χ1v) is 7.65. The van der Waals surface area contributed by atoms with Crippen LogP contribution in [0.3, 0.4) is 0 Å². The van der Waals surface area contributed by atoms with E-state index in [0.717, 1.165) is 16.2 Å². The van der Waals surface area contributed by atoms with Crippen molar-refractivity contribution >= 4 is 39.1 Å². The molecule has 1 aromatic heterocycles. The van der Waals surface area contributed by atoms with Gasteiger partial charge in [0.1, 0.15) is 5.82 Å². The molecular weight excluding hydrogens is 387 g/mol. The van der Waals surface area contributed by atoms with Crippen molar-refractivity contribution in [2.75, 3.05) is 5.32 Å². The second-order valence-corrected chi connectivity index (χ2v) is 5.96. The Labute approximate surface area is 144 Å². The highest BCUT2D eigenvalue weighted by Crippen LogP contribution is 2.19. The van der Waals surface area contributed by atoms with Crippen LogP contribution in [0, 0.1) is 5.82 Å². The molecular formula is C15H9BrClFN4O. The molecule has 0 saturated carbocycles. The number of rotatable bonds is 3. The molecule has 116 valence electrons. The zero-order valence-electron chi connectivity index (χ0n) is 11.5. The Bertz CT molecular complexity index is 883. The summed E-state index contributed by atoms with van der Waals surface area (Å²) in [7, 11) is 0. The van der Waals surface area contributed by atoms with E-state index in [0.29, 0.717) is 0 Å². The third kappa shape index (κ3) is 3.57. The van der Waals surface area contributed by atoms with Crippen LogP contribution in [0.2, 0.25) is 5.02 Å². The fourth-order valence-electron chi connectivity index (χ4n) is 1.89. The maximum absolute atomic E-state index is 13.7. The topological polar surface area (TPSA) is 59.8 Å². The highest BCUT2D eigenvalue weighted by Gasteiger charge is 2.14. The van der Waals surface area contributed by atoms with Gasteiger partial charge in [-0.05, 0) is 36.4 Å². The average Bonchev–Trinajstić information content (AvgIpc) is 3.00. The van der Waals surface area contributed by atoms with E-state index in [1.807, 2.05) is 24.3 Å². The second-order valence-electron chi connectivity index (χ2n) is 4.61. The summed E-state index contributed by atoms with van der Waals surface area (Å²) in [5.74, 6) is -1.18. The third-order valence-electron chi connectivity index (χ3n) is 2.98. The number of benzene rings is 2. The Morgan fingerprint density at radius 3 is 2.83 bits per heavy atom. The van der Waals surface area contributed by atoms with Crippen LogP contribution < -0.4 is 5.32 Å². The van der Waals surface area contributed by atoms with Gasteiger partial charge in [0.2, 0.25) is 0 Å². The van der Waals surface area contributed by atoms with Crippen molar-refractivity contribution < 1.29 is 9.18 Å². The number of anilines is 1. The van der Waals surface area contributed by atoms with Crippen LogP contribution in [0.15, 0.2) is 53.1 Å². The van der Waals surface area contributed by atoms with Gasteiger partial charge in [-0.1, -0.05) is 38.8 Å². The molecule has 5 nitrogen and oxygen atoms in total. The van der Waals surface area contributed by atoms with Crippen molar-refractivity contribution in [3.8, 4) is 5.69 Å². The summed E-state index contributed by atoms with van der Waals surface area (Å²) in [5, 5.41) is 10.4. The SMILES string of the molecule is O=C(Nc1ccc(Cl)cc1F)c1cn(-c2cccc(Br)c2)nn1. The van der Waals surface area contributed by atoms with Crippen LogP contribution in [0.1, 0.15) is 10.5 Å². The Morgan fingerprint density at radius 1 is 1.26 bits per heavy atom. The number of hydrogen-bond donors (Lipinski definition) is 1. The molecule has 23 heavy (non-hydrogen) atoms. The van der Waals surface area contributed by atoms with Crippen molar-refractivity contribution in [1.29, 1.82) is 0 Å². The smallest absolute Gasteiger partial charge is 0.277 e. The molecule has 0 fully saturated rings. The second kappa shape index (κ2) is 6.47. The molecule has 1 amide bonds. The summed E-state index contributed by atoms with van der Waals surface area (Å²) in [4.78, 5) is 12.1. The number of nitrogens with zero attached hydrogens (tertiary/aromatic N) is 3. The minimum atomic E-state index is -0.620. The zero-order valence-corrected chi connectivity index (χ0v) is 13.8. The van der Waals surface area contributed by atoms with Gasteiger partial charge in [0, 0.05) is 9.50 Å². The number of carbonyl (C=O) groups is 1. The summed E-state index contributed by atoms with van der Waals surface area (Å²) in [5.41, 5.74) is 0.833. The maximum atomic E-state index is 13.7. The van der Waals surface area contributed by atoms with E-state index >= 15 is 0 Å². The lowest BCUT2D eigenvalue weighted by Crippen LogP contribution is -2.13. The molecule has 0 bridgehead atoms. The monoisotopic (exact) mass is 394 g/mol. The first-order chi connectivity index (χ1) is 11.0. The lowest BCUT2D eigenvalue weighted by Gasteiger charge is -2.04. The molecule has 0 aliphatic rings. The number of nitrogens with one attached hydrogen (secondary N) is 1. The highest BCUT2D eigenvalue weighted by molar-refractivity contribution is 9.10. The Balaban J connectivity index is 1.81. The fraction of sp³-hybridized carbons (Fsp3) is 0. The largest absolute Gasteiger partial charge is 0.318 e. The Kier molecular flexibility index (Phi) is 4.40. The van der Waals surface area contributed by atoms with E-state index in [1.54, 1.807) is 0 Å². The Morgan fingerprint density at radius 2 is 2.09 bits per heavy atom. The first-order valence-electron chi connectivity index (χ1n) is 6.47. The van der Waals surface area contributed by atoms with Gasteiger partial charge in [0.25, 0.3) is 5.91 Å². The van der Waals surface area contributed by atoms with Gasteiger partial charge < -0.3 is 5.32 Å². The van der Waals surface area contributed by atoms with Gasteiger partial charge in [-0.15, -0.1) is 5.10 Å². The summed E-state index contributed by atoms with van der Waals surface area (Å²) >= 11 is 9.03. The Hall–Kier alpha value is -2.25. The quantitative estimate of drug-likeness (QED) is 0.727. The predicted octanol–water partition coefficient (Wildman–Crippen LogP) is 4.07. The number of hydrogen-bond acceptors (Lipinski definition) is 3. The van der Waals surface area contributed by atoms with E-state index in [-0.39, 0.29) is 16.4 Å². The fourth-order valence-corrected chi connectivity index (χ4v) is 2.44. The average molecular weight is 396 g/mol. The summed E-state index contributed by atoms with van der Waals surface area (Å²) in [6.07, 6.45) is 1.46. The van der Waals surface area contributed by atoms with Gasteiger partial charge in [-0.25, -0.2) is 9.07 Å². The van der Waals surface area contributed by atoms with E-state index < -0.39 is 11.7 Å². The van der Waals surface area contributed by atoms with Crippen molar-refractivity contribution in [3.63, 3.8) is 0 Å². The molecule has 1 N–H and O–H groups in total. The maximum Gasteiger partial charge on any atom is 0.277 e. The van der Waals surface area contributed by atoms with E-state index in [1.165, 1.54) is 23.0 Å². The molecule has 1 heterocycles. The van der Waals surface area contributed by atoms with Gasteiger partial charge >= 0.3 is 0 Å². The molecule has 0 spiro atoms. The van der Waals surface area contributed by atoms with Crippen LogP contribution in [0.5, 0.6) is 0 Å². The predicted molar refractivity (Wildman–Crippen MR) is 88.4 cm³/mol. The summed E-state index contributed by atoms with van der Waals surface area (Å²) in [6.45, 7) is 0. The summed E-state index contributed by atoms with van der Waals surface area (Å²) in [6, 6.07) is 11.3. The molecule has 0 atom stereocenters. The lowest BCUT2D eigenvalue weighted by molar-refractivity contribution is 0.102. The van der Waals surface area contributed by atoms with Crippen molar-refractivity contribution in [1.82, 2.24) is 15.0 Å². The van der Waals surface area contributed by atoms with Gasteiger partial charge in [-0.2, -0.15) is 0 Å². The van der Waals surface area contributed by atoms with Crippen LogP contribution in [0.4, 0.5) is 10.1 Å². The van der Waals surface area contributed by atoms with E-state index in [2.05, 4.69) is 31.6 Å². The molecule has 0 unspecified atom stereocenters. The minimum Gasteiger partial charge on any atom is -0.318 e. The molecule has 3 rings (SSSR count). The molecule has 8 heteroatoms. The van der Waals surface area contributed by atoms with Crippen molar-refractivity contribution in [3.05, 3.63) is 69.7 Å². The van der Waals surface area contributed by atoms with Crippen LogP contribution in [-0.4, -0.2) is 20.9 Å². The van der Waals surface area contributed by atoms with Crippen LogP contribution >= 0.6 is 27.5 Å². The number of aromatic nitrogens is 3. The molecule has 0 radical (unpaired) electrons. The molecule has 0 saturated heterocycles. The zero-order chi connectivity index (χ0) is 16.4. The van der Waals surface area contributed by atoms with Crippen molar-refractivity contribution in [2.45, 2.75) is 0 Å². The number of halogens is 3. The third-order valence-corrected chi connectivity index (χ3v) is 3.71. The lowest BCUT2D eigenvalue weighted by atomic mass is 10.3. The van der Waals surface area contributed by atoms with E-state index in [4.69, 9.17) is 11.6 Å². The normalized spacial score (nSPS) is 10.6. The van der Waals surface area contributed by atoms with Crippen molar-refractivity contribution in [2.24, 2.45) is 0 Å². The van der Waals surface area contributed by atoms with Gasteiger partial charge in [0.05, 0.1) is 17.6 Å². The standard InChI is InChI=1S/C15H9BrClFN4O/c16-9-2-1-3-11(6-9)22-8-14(20-21-22)15(23)19-13-5-4-10(17)7-12(13)18/h1-8H,(H,19,23). The van der Waals surface area contributed by atoms with Crippen LogP contribution in [-0.2, 0) is 0 Å². The molecule has 0 aliphatic heterocycles. The summed E-state index contributed by atoms with van der Waals surface area (Å²) < 4.78 is 16.0. The van der Waals surface area contributed by atoms with Gasteiger partial charge in [-0.3, -0.25) is 4.79 Å². The van der Waals surface area contributed by atoms with Gasteiger partial charge in [0.15, 0.2) is 5.69 Å². The van der Waals surface area contributed by atoms with Crippen LogP contribution in [0.25, 0.3) is 5.69 Å². The minimum absolute atomic E-state index is 0.0244. The molecule has 2 aromatic carbocycles. The number of carbonyl (C=O) groups excluding carboxylic acids is 1. The molecule has 3 aromatic rings. The molecule has 0 aliphatic carbocycles. The first kappa shape index (κ1) is 15.6. The number of amides is 1.